The van der Waals surface area contributed by atoms with Crippen LogP contribution in [-0.2, 0) is 13.5 Å². The zero-order valence-corrected chi connectivity index (χ0v) is 11.9. The highest BCUT2D eigenvalue weighted by molar-refractivity contribution is 7.20. The van der Waals surface area contributed by atoms with Gasteiger partial charge in [0.05, 0.1) is 8.67 Å². The number of imidazole rings is 1. The summed E-state index contributed by atoms with van der Waals surface area (Å²) in [4.78, 5) is 4.32. The molecule has 0 spiro atoms. The maximum absolute atomic E-state index is 6.17. The Labute approximate surface area is 114 Å². The van der Waals surface area contributed by atoms with Gasteiger partial charge in [-0.2, -0.15) is 0 Å². The number of nitrogens with zero attached hydrogens (tertiary/aromatic N) is 2. The lowest BCUT2D eigenvalue weighted by atomic mass is 10.1. The van der Waals surface area contributed by atoms with Gasteiger partial charge in [-0.3, -0.25) is 0 Å². The Hall–Kier alpha value is -0.550. The van der Waals surface area contributed by atoms with E-state index in [-0.39, 0.29) is 6.04 Å². The zero-order valence-electron chi connectivity index (χ0n) is 9.58. The minimum Gasteiger partial charge on any atom is -0.338 e. The number of hydrogen-bond acceptors (Lipinski definition) is 3. The Bertz CT molecular complexity index is 507. The topological polar surface area (TPSA) is 29.9 Å². The number of thiophene rings is 1. The van der Waals surface area contributed by atoms with Crippen LogP contribution >= 0.6 is 34.5 Å². The summed E-state index contributed by atoms with van der Waals surface area (Å²) in [6.07, 6.45) is 4.52. The molecule has 0 saturated carbocycles. The fraction of sp³-hybridized carbons (Fsp3) is 0.364. The monoisotopic (exact) mass is 289 g/mol. The van der Waals surface area contributed by atoms with Crippen LogP contribution in [0.15, 0.2) is 18.5 Å². The van der Waals surface area contributed by atoms with Crippen LogP contribution < -0.4 is 5.32 Å². The maximum Gasteiger partial charge on any atom is 0.110 e. The second-order valence-electron chi connectivity index (χ2n) is 3.78. The molecule has 17 heavy (non-hydrogen) atoms. The molecule has 1 atom stereocenters. The number of halogens is 2. The number of likely N-dealkylation sites (N-methyl/N-ethyl adjacent to an activating group) is 1. The molecule has 3 nitrogen and oxygen atoms in total. The van der Waals surface area contributed by atoms with Crippen LogP contribution in [0, 0.1) is 0 Å². The first-order chi connectivity index (χ1) is 8.11. The molecule has 92 valence electrons. The summed E-state index contributed by atoms with van der Waals surface area (Å²) in [5.74, 6) is 1.02. The van der Waals surface area contributed by atoms with Crippen LogP contribution in [0.3, 0.4) is 0 Å². The predicted octanol–water partition coefficient (Wildman–Crippen LogP) is 3.29. The van der Waals surface area contributed by atoms with Crippen LogP contribution in [0.2, 0.25) is 8.67 Å². The molecular weight excluding hydrogens is 277 g/mol. The zero-order chi connectivity index (χ0) is 12.4. The summed E-state index contributed by atoms with van der Waals surface area (Å²) < 4.78 is 3.46. The first-order valence-electron chi connectivity index (χ1n) is 5.20. The van der Waals surface area contributed by atoms with Gasteiger partial charge in [0.15, 0.2) is 0 Å². The fourth-order valence-corrected chi connectivity index (χ4v) is 3.31. The standard InChI is InChI=1S/C11H13Cl2N3S/c1-14-8(6-10-15-3-4-16(10)2)7-5-9(12)17-11(7)13/h3-5,8,14H,6H2,1-2H3. The third-order valence-corrected chi connectivity index (χ3v) is 4.23. The molecule has 1 unspecified atom stereocenters. The first-order valence-corrected chi connectivity index (χ1v) is 6.77. The Balaban J connectivity index is 2.23. The normalized spacial score (nSPS) is 12.9. The van der Waals surface area contributed by atoms with Crippen LogP contribution in [0.1, 0.15) is 17.4 Å². The molecule has 0 saturated heterocycles. The van der Waals surface area contributed by atoms with E-state index >= 15 is 0 Å². The largest absolute Gasteiger partial charge is 0.338 e. The average molecular weight is 290 g/mol. The SMILES string of the molecule is CNC(Cc1nccn1C)c1cc(Cl)sc1Cl. The molecule has 6 heteroatoms. The van der Waals surface area contributed by atoms with Crippen molar-refractivity contribution in [2.75, 3.05) is 7.05 Å². The highest BCUT2D eigenvalue weighted by atomic mass is 35.5. The van der Waals surface area contributed by atoms with Gasteiger partial charge in [-0.1, -0.05) is 23.2 Å². The van der Waals surface area contributed by atoms with Gasteiger partial charge in [-0.05, 0) is 13.1 Å². The van der Waals surface area contributed by atoms with Crippen molar-refractivity contribution in [2.24, 2.45) is 7.05 Å². The number of nitrogens with one attached hydrogen (secondary N) is 1. The van der Waals surface area contributed by atoms with Gasteiger partial charge in [-0.25, -0.2) is 4.98 Å². The number of rotatable bonds is 4. The highest BCUT2D eigenvalue weighted by Gasteiger charge is 2.18. The minimum atomic E-state index is 0.132. The van der Waals surface area contributed by atoms with E-state index in [0.717, 1.165) is 22.1 Å². The van der Waals surface area contributed by atoms with Gasteiger partial charge in [0.25, 0.3) is 0 Å². The van der Waals surface area contributed by atoms with Crippen LogP contribution in [0.4, 0.5) is 0 Å². The second kappa shape index (κ2) is 5.40. The molecule has 2 heterocycles. The van der Waals surface area contributed by atoms with Crippen molar-refractivity contribution in [1.29, 1.82) is 0 Å². The molecule has 0 radical (unpaired) electrons. The van der Waals surface area contributed by atoms with Crippen molar-refractivity contribution in [3.8, 4) is 0 Å². The third kappa shape index (κ3) is 2.83. The summed E-state index contributed by atoms with van der Waals surface area (Å²) in [6, 6.07) is 2.05. The molecule has 1 N–H and O–H groups in total. The second-order valence-corrected chi connectivity index (χ2v) is 6.06. The van der Waals surface area contributed by atoms with E-state index in [9.17, 15) is 0 Å². The van der Waals surface area contributed by atoms with Gasteiger partial charge >= 0.3 is 0 Å². The van der Waals surface area contributed by atoms with Crippen LogP contribution in [0.25, 0.3) is 0 Å². The molecule has 0 aliphatic rings. The molecular formula is C11H13Cl2N3S. The van der Waals surface area contributed by atoms with E-state index in [0.29, 0.717) is 4.34 Å². The number of aryl methyl sites for hydroxylation is 1. The maximum atomic E-state index is 6.17. The molecule has 0 aliphatic heterocycles. The number of aromatic nitrogens is 2. The Morgan fingerprint density at radius 2 is 2.29 bits per heavy atom. The van der Waals surface area contributed by atoms with Crippen LogP contribution in [-0.4, -0.2) is 16.6 Å². The van der Waals surface area contributed by atoms with Crippen molar-refractivity contribution < 1.29 is 0 Å². The summed E-state index contributed by atoms with van der Waals surface area (Å²) in [6.45, 7) is 0. The lowest BCUT2D eigenvalue weighted by Crippen LogP contribution is -2.20. The smallest absolute Gasteiger partial charge is 0.110 e. The molecule has 2 aromatic heterocycles. The summed E-state index contributed by atoms with van der Waals surface area (Å²) >= 11 is 13.5. The molecule has 0 amide bonds. The lowest BCUT2D eigenvalue weighted by molar-refractivity contribution is 0.565. The van der Waals surface area contributed by atoms with Gasteiger partial charge in [0.2, 0.25) is 0 Å². The van der Waals surface area contributed by atoms with Crippen molar-refractivity contribution >= 4 is 34.5 Å². The van der Waals surface area contributed by atoms with Crippen molar-refractivity contribution in [1.82, 2.24) is 14.9 Å². The molecule has 0 bridgehead atoms. The van der Waals surface area contributed by atoms with Gasteiger partial charge in [0, 0.05) is 37.5 Å². The molecule has 0 aromatic carbocycles. The van der Waals surface area contributed by atoms with Gasteiger partial charge in [0.1, 0.15) is 5.82 Å². The predicted molar refractivity (Wildman–Crippen MR) is 73.1 cm³/mol. The third-order valence-electron chi connectivity index (χ3n) is 2.71. The van der Waals surface area contributed by atoms with Crippen molar-refractivity contribution in [3.05, 3.63) is 38.5 Å². The summed E-state index contributed by atoms with van der Waals surface area (Å²) in [7, 11) is 3.90. The van der Waals surface area contributed by atoms with Crippen LogP contribution in [0.5, 0.6) is 0 Å². The highest BCUT2D eigenvalue weighted by Crippen LogP contribution is 2.35. The Kier molecular flexibility index (Phi) is 4.09. The van der Waals surface area contributed by atoms with E-state index in [4.69, 9.17) is 23.2 Å². The minimum absolute atomic E-state index is 0.132. The molecule has 0 fully saturated rings. The average Bonchev–Trinajstić information content (AvgIpc) is 2.82. The Morgan fingerprint density at radius 1 is 1.53 bits per heavy atom. The van der Waals surface area contributed by atoms with E-state index < -0.39 is 0 Å². The first kappa shape index (κ1) is 12.9. The van der Waals surface area contributed by atoms with Crippen molar-refractivity contribution in [3.63, 3.8) is 0 Å². The van der Waals surface area contributed by atoms with Gasteiger partial charge in [-0.15, -0.1) is 11.3 Å². The summed E-state index contributed by atoms with van der Waals surface area (Å²) in [5, 5.41) is 3.25. The van der Waals surface area contributed by atoms with E-state index in [2.05, 4.69) is 10.3 Å². The summed E-state index contributed by atoms with van der Waals surface area (Å²) in [5.41, 5.74) is 1.03. The van der Waals surface area contributed by atoms with E-state index in [1.165, 1.54) is 11.3 Å². The van der Waals surface area contributed by atoms with E-state index in [1.54, 1.807) is 6.20 Å². The van der Waals surface area contributed by atoms with Gasteiger partial charge < -0.3 is 9.88 Å². The lowest BCUT2D eigenvalue weighted by Gasteiger charge is -2.15. The number of hydrogen-bond donors (Lipinski definition) is 1. The quantitative estimate of drug-likeness (QED) is 0.936. The van der Waals surface area contributed by atoms with Crippen molar-refractivity contribution in [2.45, 2.75) is 12.5 Å². The molecule has 2 aromatic rings. The van der Waals surface area contributed by atoms with E-state index in [1.807, 2.05) is 30.9 Å². The molecule has 2 rings (SSSR count). The Morgan fingerprint density at radius 3 is 2.76 bits per heavy atom. The fourth-order valence-electron chi connectivity index (χ4n) is 1.73. The molecule has 0 aliphatic carbocycles.